The lowest BCUT2D eigenvalue weighted by molar-refractivity contribution is 0.111. The van der Waals surface area contributed by atoms with E-state index in [-0.39, 0.29) is 5.82 Å². The van der Waals surface area contributed by atoms with E-state index in [1.165, 1.54) is 12.1 Å². The Balaban J connectivity index is 1.56. The quantitative estimate of drug-likeness (QED) is 0.451. The van der Waals surface area contributed by atoms with Crippen LogP contribution in [0, 0.1) is 5.82 Å². The molecule has 0 bridgehead atoms. The molecule has 0 fully saturated rings. The minimum absolute atomic E-state index is 0.282. The van der Waals surface area contributed by atoms with E-state index in [0.29, 0.717) is 25.5 Å². The summed E-state index contributed by atoms with van der Waals surface area (Å²) in [5.41, 5.74) is 4.45. The highest BCUT2D eigenvalue weighted by atomic mass is 19.1. The van der Waals surface area contributed by atoms with Crippen molar-refractivity contribution in [3.63, 3.8) is 0 Å². The van der Waals surface area contributed by atoms with Crippen LogP contribution in [-0.2, 0) is 17.9 Å². The highest BCUT2D eigenvalue weighted by Gasteiger charge is 2.16. The Morgan fingerprint density at radius 2 is 1.61 bits per heavy atom. The molecule has 0 aliphatic carbocycles. The molecule has 5 nitrogen and oxygen atoms in total. The second-order valence-electron chi connectivity index (χ2n) is 6.29. The number of benzene rings is 2. The van der Waals surface area contributed by atoms with Crippen molar-refractivity contribution in [1.82, 2.24) is 20.0 Å². The summed E-state index contributed by atoms with van der Waals surface area (Å²) >= 11 is 0. The van der Waals surface area contributed by atoms with Crippen LogP contribution in [-0.4, -0.2) is 26.6 Å². The Morgan fingerprint density at radius 3 is 2.36 bits per heavy atom. The van der Waals surface area contributed by atoms with Gasteiger partial charge >= 0.3 is 0 Å². The Kier molecular flexibility index (Phi) is 5.49. The molecule has 2 aromatic heterocycles. The number of rotatable bonds is 7. The highest BCUT2D eigenvalue weighted by Crippen LogP contribution is 2.30. The molecule has 0 atom stereocenters. The van der Waals surface area contributed by atoms with Gasteiger partial charge in [-0.15, -0.1) is 5.10 Å². The molecule has 140 valence electrons. The summed E-state index contributed by atoms with van der Waals surface area (Å²) in [7, 11) is 0. The van der Waals surface area contributed by atoms with Crippen LogP contribution in [0.5, 0.6) is 0 Å². The molecule has 0 radical (unpaired) electrons. The molecule has 0 aliphatic rings. The van der Waals surface area contributed by atoms with Gasteiger partial charge in [-0.2, -0.15) is 0 Å². The SMILES string of the molecule is Fc1ccc(-c2nnn(CCOCc3ccccc3)c2-c2ccncc2)cc1. The van der Waals surface area contributed by atoms with Gasteiger partial charge in [0.2, 0.25) is 0 Å². The Hall–Kier alpha value is -3.38. The summed E-state index contributed by atoms with van der Waals surface area (Å²) in [5.74, 6) is -0.282. The molecule has 2 aromatic carbocycles. The number of nitrogens with zero attached hydrogens (tertiary/aromatic N) is 4. The number of ether oxygens (including phenoxy) is 1. The normalized spacial score (nSPS) is 10.9. The van der Waals surface area contributed by atoms with Crippen LogP contribution in [0.4, 0.5) is 4.39 Å². The van der Waals surface area contributed by atoms with Crippen LogP contribution >= 0.6 is 0 Å². The number of hydrogen-bond acceptors (Lipinski definition) is 4. The van der Waals surface area contributed by atoms with E-state index < -0.39 is 0 Å². The van der Waals surface area contributed by atoms with Crippen LogP contribution in [0.1, 0.15) is 5.56 Å². The number of hydrogen-bond donors (Lipinski definition) is 0. The molecule has 2 heterocycles. The standard InChI is InChI=1S/C22H19FN4O/c23-20-8-6-18(7-9-20)21-22(19-10-12-24-13-11-19)27(26-25-21)14-15-28-16-17-4-2-1-3-5-17/h1-13H,14-16H2. The summed E-state index contributed by atoms with van der Waals surface area (Å²) in [4.78, 5) is 4.08. The average molecular weight is 374 g/mol. The molecule has 4 rings (SSSR count). The molecule has 0 aliphatic heterocycles. The third kappa shape index (κ3) is 4.13. The molecule has 0 spiro atoms. The third-order valence-electron chi connectivity index (χ3n) is 4.37. The first kappa shape index (κ1) is 18.0. The largest absolute Gasteiger partial charge is 0.375 e. The van der Waals surface area contributed by atoms with Crippen molar-refractivity contribution >= 4 is 0 Å². The molecule has 0 unspecified atom stereocenters. The molecule has 0 amide bonds. The van der Waals surface area contributed by atoms with Gasteiger partial charge in [0.1, 0.15) is 11.5 Å². The zero-order valence-corrected chi connectivity index (χ0v) is 15.2. The van der Waals surface area contributed by atoms with E-state index >= 15 is 0 Å². The molecular weight excluding hydrogens is 355 g/mol. The summed E-state index contributed by atoms with van der Waals surface area (Å²) in [6.07, 6.45) is 3.46. The Morgan fingerprint density at radius 1 is 0.857 bits per heavy atom. The lowest BCUT2D eigenvalue weighted by atomic mass is 10.1. The number of aromatic nitrogens is 4. The third-order valence-corrected chi connectivity index (χ3v) is 4.37. The molecular formula is C22H19FN4O. The molecule has 0 N–H and O–H groups in total. The van der Waals surface area contributed by atoms with Crippen LogP contribution in [0.3, 0.4) is 0 Å². The topological polar surface area (TPSA) is 52.8 Å². The fraction of sp³-hybridized carbons (Fsp3) is 0.136. The maximum Gasteiger partial charge on any atom is 0.123 e. The zero-order valence-electron chi connectivity index (χ0n) is 15.2. The van der Waals surface area contributed by atoms with E-state index in [1.807, 2.05) is 47.1 Å². The second-order valence-corrected chi connectivity index (χ2v) is 6.29. The zero-order chi connectivity index (χ0) is 19.2. The smallest absolute Gasteiger partial charge is 0.123 e. The van der Waals surface area contributed by atoms with Gasteiger partial charge in [0.25, 0.3) is 0 Å². The minimum Gasteiger partial charge on any atom is -0.375 e. The molecule has 4 aromatic rings. The van der Waals surface area contributed by atoms with Crippen molar-refractivity contribution in [1.29, 1.82) is 0 Å². The first-order valence-electron chi connectivity index (χ1n) is 9.03. The first-order chi connectivity index (χ1) is 13.8. The van der Waals surface area contributed by atoms with Crippen LogP contribution in [0.25, 0.3) is 22.5 Å². The van der Waals surface area contributed by atoms with E-state index in [0.717, 1.165) is 22.4 Å². The van der Waals surface area contributed by atoms with Gasteiger partial charge < -0.3 is 4.74 Å². The van der Waals surface area contributed by atoms with Crippen molar-refractivity contribution in [2.75, 3.05) is 6.61 Å². The fourth-order valence-corrected chi connectivity index (χ4v) is 2.98. The molecule has 0 saturated carbocycles. The summed E-state index contributed by atoms with van der Waals surface area (Å²) in [6.45, 7) is 1.60. The lowest BCUT2D eigenvalue weighted by Gasteiger charge is -2.09. The number of pyridine rings is 1. The summed E-state index contributed by atoms with van der Waals surface area (Å²) < 4.78 is 20.9. The maximum atomic E-state index is 13.3. The van der Waals surface area contributed by atoms with Gasteiger partial charge in [-0.25, -0.2) is 9.07 Å². The van der Waals surface area contributed by atoms with Crippen molar-refractivity contribution in [2.45, 2.75) is 13.2 Å². The first-order valence-corrected chi connectivity index (χ1v) is 9.03. The van der Waals surface area contributed by atoms with E-state index in [1.54, 1.807) is 24.5 Å². The number of halogens is 1. The van der Waals surface area contributed by atoms with Crippen molar-refractivity contribution in [3.05, 3.63) is 90.5 Å². The molecule has 6 heteroatoms. The second kappa shape index (κ2) is 8.54. The van der Waals surface area contributed by atoms with E-state index in [2.05, 4.69) is 15.3 Å². The maximum absolute atomic E-state index is 13.3. The predicted octanol–water partition coefficient (Wildman–Crippen LogP) is 4.36. The summed E-state index contributed by atoms with van der Waals surface area (Å²) in [6, 6.07) is 20.1. The van der Waals surface area contributed by atoms with Gasteiger partial charge in [-0.3, -0.25) is 4.98 Å². The summed E-state index contributed by atoms with van der Waals surface area (Å²) in [5, 5.41) is 8.65. The molecule has 0 saturated heterocycles. The predicted molar refractivity (Wildman–Crippen MR) is 105 cm³/mol. The van der Waals surface area contributed by atoms with Crippen molar-refractivity contribution in [3.8, 4) is 22.5 Å². The lowest BCUT2D eigenvalue weighted by Crippen LogP contribution is -2.09. The van der Waals surface area contributed by atoms with Gasteiger partial charge in [0.05, 0.1) is 25.5 Å². The van der Waals surface area contributed by atoms with Gasteiger partial charge in [-0.05, 0) is 42.0 Å². The Bertz CT molecular complexity index is 1020. The minimum atomic E-state index is -0.282. The average Bonchev–Trinajstić information content (AvgIpc) is 3.17. The van der Waals surface area contributed by atoms with E-state index in [9.17, 15) is 4.39 Å². The Labute approximate surface area is 162 Å². The van der Waals surface area contributed by atoms with Crippen molar-refractivity contribution in [2.24, 2.45) is 0 Å². The van der Waals surface area contributed by atoms with Crippen LogP contribution < -0.4 is 0 Å². The van der Waals surface area contributed by atoms with Crippen LogP contribution in [0.2, 0.25) is 0 Å². The van der Waals surface area contributed by atoms with E-state index in [4.69, 9.17) is 4.74 Å². The van der Waals surface area contributed by atoms with Gasteiger partial charge in [0, 0.05) is 23.5 Å². The van der Waals surface area contributed by atoms with Gasteiger partial charge in [-0.1, -0.05) is 35.5 Å². The molecule has 28 heavy (non-hydrogen) atoms. The van der Waals surface area contributed by atoms with Gasteiger partial charge in [0.15, 0.2) is 0 Å². The monoisotopic (exact) mass is 374 g/mol. The van der Waals surface area contributed by atoms with Crippen LogP contribution in [0.15, 0.2) is 79.1 Å². The van der Waals surface area contributed by atoms with Crippen molar-refractivity contribution < 1.29 is 9.13 Å². The fourth-order valence-electron chi connectivity index (χ4n) is 2.98. The highest BCUT2D eigenvalue weighted by molar-refractivity contribution is 5.77.